The van der Waals surface area contributed by atoms with Gasteiger partial charge in [0.05, 0.1) is 29.9 Å². The van der Waals surface area contributed by atoms with Crippen molar-refractivity contribution in [1.29, 1.82) is 0 Å². The lowest BCUT2D eigenvalue weighted by Gasteiger charge is -2.26. The van der Waals surface area contributed by atoms with Crippen LogP contribution in [0.25, 0.3) is 0 Å². The molecule has 0 amide bonds. The number of aryl methyl sites for hydroxylation is 1. The molecule has 0 saturated heterocycles. The molecule has 1 unspecified atom stereocenters. The first-order valence-corrected chi connectivity index (χ1v) is 6.70. The number of furan rings is 1. The van der Waals surface area contributed by atoms with Crippen molar-refractivity contribution >= 4 is 11.4 Å². The molecule has 0 bridgehead atoms. The van der Waals surface area contributed by atoms with E-state index in [1.54, 1.807) is 6.26 Å². The summed E-state index contributed by atoms with van der Waals surface area (Å²) in [5.41, 5.74) is 3.52. The SMILES string of the molecule is CN(C)c1ccncc1NC1CCCc2occc21. The van der Waals surface area contributed by atoms with Crippen LogP contribution >= 0.6 is 0 Å². The Bertz CT molecular complexity index is 562. The highest BCUT2D eigenvalue weighted by Crippen LogP contribution is 2.35. The van der Waals surface area contributed by atoms with Gasteiger partial charge in [0.15, 0.2) is 0 Å². The molecule has 2 aromatic rings. The van der Waals surface area contributed by atoms with Gasteiger partial charge in [-0.05, 0) is 25.0 Å². The molecular formula is C15H19N3O. The van der Waals surface area contributed by atoms with Crippen molar-refractivity contribution in [3.05, 3.63) is 42.1 Å². The van der Waals surface area contributed by atoms with Crippen molar-refractivity contribution in [3.63, 3.8) is 0 Å². The molecule has 0 saturated carbocycles. The van der Waals surface area contributed by atoms with Crippen molar-refractivity contribution in [3.8, 4) is 0 Å². The van der Waals surface area contributed by atoms with E-state index in [1.165, 1.54) is 5.56 Å². The first kappa shape index (κ1) is 12.1. The molecule has 1 aliphatic carbocycles. The van der Waals surface area contributed by atoms with E-state index >= 15 is 0 Å². The Kier molecular flexibility index (Phi) is 3.15. The average molecular weight is 257 g/mol. The highest BCUT2D eigenvalue weighted by Gasteiger charge is 2.23. The smallest absolute Gasteiger partial charge is 0.109 e. The number of fused-ring (bicyclic) bond motifs is 1. The summed E-state index contributed by atoms with van der Waals surface area (Å²) in [5.74, 6) is 1.12. The van der Waals surface area contributed by atoms with E-state index in [0.29, 0.717) is 6.04 Å². The summed E-state index contributed by atoms with van der Waals surface area (Å²) >= 11 is 0. The van der Waals surface area contributed by atoms with Gasteiger partial charge in [0.2, 0.25) is 0 Å². The summed E-state index contributed by atoms with van der Waals surface area (Å²) in [5, 5.41) is 3.61. The van der Waals surface area contributed by atoms with Crippen molar-refractivity contribution < 1.29 is 4.42 Å². The maximum Gasteiger partial charge on any atom is 0.109 e. The highest BCUT2D eigenvalue weighted by atomic mass is 16.3. The van der Waals surface area contributed by atoms with Crippen LogP contribution < -0.4 is 10.2 Å². The second kappa shape index (κ2) is 4.96. The van der Waals surface area contributed by atoms with Gasteiger partial charge >= 0.3 is 0 Å². The molecular weight excluding hydrogens is 238 g/mol. The van der Waals surface area contributed by atoms with Crippen LogP contribution in [0.2, 0.25) is 0 Å². The molecule has 2 aromatic heterocycles. The average Bonchev–Trinajstić information content (AvgIpc) is 2.88. The number of pyridine rings is 1. The quantitative estimate of drug-likeness (QED) is 0.916. The fraction of sp³-hybridized carbons (Fsp3) is 0.400. The summed E-state index contributed by atoms with van der Waals surface area (Å²) in [6.45, 7) is 0. The number of anilines is 2. The number of nitrogens with one attached hydrogen (secondary N) is 1. The number of hydrogen-bond acceptors (Lipinski definition) is 4. The van der Waals surface area contributed by atoms with Crippen LogP contribution in [-0.4, -0.2) is 19.1 Å². The number of nitrogens with zero attached hydrogens (tertiary/aromatic N) is 2. The van der Waals surface area contributed by atoms with Gasteiger partial charge in [-0.1, -0.05) is 0 Å². The molecule has 0 fully saturated rings. The van der Waals surface area contributed by atoms with Gasteiger partial charge in [-0.3, -0.25) is 4.98 Å². The second-order valence-electron chi connectivity index (χ2n) is 5.18. The van der Waals surface area contributed by atoms with Crippen LogP contribution in [0, 0.1) is 0 Å². The maximum atomic E-state index is 5.54. The zero-order valence-electron chi connectivity index (χ0n) is 11.4. The Morgan fingerprint density at radius 1 is 1.37 bits per heavy atom. The summed E-state index contributed by atoms with van der Waals surface area (Å²) < 4.78 is 5.54. The second-order valence-corrected chi connectivity index (χ2v) is 5.18. The van der Waals surface area contributed by atoms with Gasteiger partial charge in [0, 0.05) is 32.3 Å². The topological polar surface area (TPSA) is 41.3 Å². The molecule has 0 spiro atoms. The Morgan fingerprint density at radius 3 is 3.11 bits per heavy atom. The molecule has 4 heteroatoms. The van der Waals surface area contributed by atoms with Gasteiger partial charge in [-0.15, -0.1) is 0 Å². The number of hydrogen-bond donors (Lipinski definition) is 1. The van der Waals surface area contributed by atoms with E-state index in [2.05, 4.69) is 21.3 Å². The third-order valence-corrected chi connectivity index (χ3v) is 3.66. The highest BCUT2D eigenvalue weighted by molar-refractivity contribution is 5.68. The Morgan fingerprint density at radius 2 is 2.26 bits per heavy atom. The minimum atomic E-state index is 0.324. The van der Waals surface area contributed by atoms with Gasteiger partial charge in [-0.25, -0.2) is 0 Å². The van der Waals surface area contributed by atoms with Crippen molar-refractivity contribution in [2.24, 2.45) is 0 Å². The molecule has 1 atom stereocenters. The molecule has 1 aliphatic rings. The van der Waals surface area contributed by atoms with Crippen LogP contribution in [0.15, 0.2) is 35.2 Å². The lowest BCUT2D eigenvalue weighted by atomic mass is 9.93. The third-order valence-electron chi connectivity index (χ3n) is 3.66. The van der Waals surface area contributed by atoms with E-state index < -0.39 is 0 Å². The van der Waals surface area contributed by atoms with Crippen molar-refractivity contribution in [1.82, 2.24) is 4.98 Å². The molecule has 0 radical (unpaired) electrons. The van der Waals surface area contributed by atoms with E-state index in [-0.39, 0.29) is 0 Å². The monoisotopic (exact) mass is 257 g/mol. The van der Waals surface area contributed by atoms with E-state index in [1.807, 2.05) is 32.6 Å². The third kappa shape index (κ3) is 2.30. The molecule has 1 N–H and O–H groups in total. The molecule has 4 nitrogen and oxygen atoms in total. The van der Waals surface area contributed by atoms with Crippen LogP contribution in [0.3, 0.4) is 0 Å². The predicted molar refractivity (Wildman–Crippen MR) is 76.6 cm³/mol. The Labute approximate surface area is 113 Å². The first-order chi connectivity index (χ1) is 9.25. The Balaban J connectivity index is 1.88. The molecule has 2 heterocycles. The van der Waals surface area contributed by atoms with E-state index in [0.717, 1.165) is 36.4 Å². The minimum Gasteiger partial charge on any atom is -0.469 e. The zero-order chi connectivity index (χ0) is 13.2. The zero-order valence-corrected chi connectivity index (χ0v) is 11.4. The number of rotatable bonds is 3. The fourth-order valence-corrected chi connectivity index (χ4v) is 2.71. The minimum absolute atomic E-state index is 0.324. The van der Waals surface area contributed by atoms with Gasteiger partial charge in [0.25, 0.3) is 0 Å². The summed E-state index contributed by atoms with van der Waals surface area (Å²) in [6.07, 6.45) is 8.85. The largest absolute Gasteiger partial charge is 0.469 e. The fourth-order valence-electron chi connectivity index (χ4n) is 2.71. The molecule has 100 valence electrons. The maximum absolute atomic E-state index is 5.54. The molecule has 0 aliphatic heterocycles. The van der Waals surface area contributed by atoms with Gasteiger partial charge < -0.3 is 14.6 Å². The van der Waals surface area contributed by atoms with Crippen LogP contribution in [0.4, 0.5) is 11.4 Å². The molecule has 19 heavy (non-hydrogen) atoms. The Hall–Kier alpha value is -1.97. The lowest BCUT2D eigenvalue weighted by molar-refractivity contribution is 0.461. The summed E-state index contributed by atoms with van der Waals surface area (Å²) in [4.78, 5) is 6.32. The van der Waals surface area contributed by atoms with Gasteiger partial charge in [0.1, 0.15) is 5.76 Å². The standard InChI is InChI=1S/C15H19N3O/c1-18(2)14-6-8-16-10-13(14)17-12-4-3-5-15-11(12)7-9-19-15/h6-10,12,17H,3-5H2,1-2H3. The van der Waals surface area contributed by atoms with Crippen LogP contribution in [0.5, 0.6) is 0 Å². The number of aromatic nitrogens is 1. The first-order valence-electron chi connectivity index (χ1n) is 6.70. The normalized spacial score (nSPS) is 17.9. The van der Waals surface area contributed by atoms with Crippen LogP contribution in [-0.2, 0) is 6.42 Å². The predicted octanol–water partition coefficient (Wildman–Crippen LogP) is 3.23. The molecule has 3 rings (SSSR count). The van der Waals surface area contributed by atoms with E-state index in [9.17, 15) is 0 Å². The summed E-state index contributed by atoms with van der Waals surface area (Å²) in [6, 6.07) is 4.43. The van der Waals surface area contributed by atoms with Crippen molar-refractivity contribution in [2.75, 3.05) is 24.3 Å². The molecule has 0 aromatic carbocycles. The summed E-state index contributed by atoms with van der Waals surface area (Å²) in [7, 11) is 4.09. The van der Waals surface area contributed by atoms with E-state index in [4.69, 9.17) is 4.42 Å². The van der Waals surface area contributed by atoms with Crippen molar-refractivity contribution in [2.45, 2.75) is 25.3 Å². The van der Waals surface area contributed by atoms with Gasteiger partial charge in [-0.2, -0.15) is 0 Å². The van der Waals surface area contributed by atoms with Crippen LogP contribution in [0.1, 0.15) is 30.2 Å². The lowest BCUT2D eigenvalue weighted by Crippen LogP contribution is -2.18.